The van der Waals surface area contributed by atoms with Crippen LogP contribution in [0.15, 0.2) is 40.2 Å². The van der Waals surface area contributed by atoms with Crippen LogP contribution < -0.4 is 16.1 Å². The molecule has 3 aromatic heterocycles. The second-order valence-electron chi connectivity index (χ2n) is 7.52. The molecule has 3 aromatic rings. The predicted octanol–water partition coefficient (Wildman–Crippen LogP) is 2.66. The number of pyridine rings is 3. The quantitative estimate of drug-likeness (QED) is 0.665. The summed E-state index contributed by atoms with van der Waals surface area (Å²) >= 11 is 0. The van der Waals surface area contributed by atoms with E-state index in [0.717, 1.165) is 19.3 Å². The van der Waals surface area contributed by atoms with Gasteiger partial charge in [0.25, 0.3) is 11.1 Å². The van der Waals surface area contributed by atoms with E-state index in [9.17, 15) is 9.59 Å². The van der Waals surface area contributed by atoms with Gasteiger partial charge in [-0.3, -0.25) is 9.59 Å². The van der Waals surface area contributed by atoms with Gasteiger partial charge in [0, 0.05) is 32.5 Å². The standard InChI is InChI=1S/C20H24N4O2/c1-13-6-4-5-7-18(13)23-10-8-16-14(19(23)25)12-15-17(21-16)9-11-24(20(15)26)22(2)3/h8-13,18H,4-7H2,1-3H3/t13-,18+/m0/s1. The lowest BCUT2D eigenvalue weighted by atomic mass is 9.85. The minimum atomic E-state index is -0.164. The Morgan fingerprint density at radius 3 is 2.35 bits per heavy atom. The summed E-state index contributed by atoms with van der Waals surface area (Å²) in [6.07, 6.45) is 8.14. The SMILES string of the molecule is C[C@H]1CCCC[C@H]1n1ccc2nc3ccn(N(C)C)c(=O)c3cc2c1=O. The van der Waals surface area contributed by atoms with Crippen molar-refractivity contribution in [3.63, 3.8) is 0 Å². The summed E-state index contributed by atoms with van der Waals surface area (Å²) in [7, 11) is 3.61. The van der Waals surface area contributed by atoms with Crippen molar-refractivity contribution in [2.75, 3.05) is 19.1 Å². The molecule has 0 saturated heterocycles. The van der Waals surface area contributed by atoms with E-state index < -0.39 is 0 Å². The summed E-state index contributed by atoms with van der Waals surface area (Å²) in [5.74, 6) is 0.485. The second kappa shape index (κ2) is 6.27. The van der Waals surface area contributed by atoms with Crippen molar-refractivity contribution in [2.24, 2.45) is 5.92 Å². The Hall–Kier alpha value is -2.63. The molecule has 1 saturated carbocycles. The van der Waals surface area contributed by atoms with Gasteiger partial charge in [0.2, 0.25) is 0 Å². The number of fused-ring (bicyclic) bond motifs is 2. The van der Waals surface area contributed by atoms with Gasteiger partial charge >= 0.3 is 0 Å². The van der Waals surface area contributed by atoms with Gasteiger partial charge < -0.3 is 9.58 Å². The normalized spacial score (nSPS) is 20.6. The first-order chi connectivity index (χ1) is 12.5. The van der Waals surface area contributed by atoms with Gasteiger partial charge in [-0.25, -0.2) is 9.66 Å². The van der Waals surface area contributed by atoms with Crippen LogP contribution in [0.3, 0.4) is 0 Å². The molecule has 0 bridgehead atoms. The van der Waals surface area contributed by atoms with Gasteiger partial charge in [-0.15, -0.1) is 0 Å². The fourth-order valence-electron chi connectivity index (χ4n) is 4.12. The van der Waals surface area contributed by atoms with Crippen LogP contribution in [0.1, 0.15) is 38.6 Å². The third-order valence-corrected chi connectivity index (χ3v) is 5.61. The molecule has 0 aliphatic heterocycles. The molecule has 0 aromatic carbocycles. The molecule has 0 N–H and O–H groups in total. The first kappa shape index (κ1) is 16.8. The van der Waals surface area contributed by atoms with Crippen LogP contribution in [0, 0.1) is 5.92 Å². The topological polar surface area (TPSA) is 60.1 Å². The molecule has 136 valence electrons. The Bertz CT molecular complexity index is 1100. The van der Waals surface area contributed by atoms with E-state index in [1.165, 1.54) is 11.1 Å². The second-order valence-corrected chi connectivity index (χ2v) is 7.52. The van der Waals surface area contributed by atoms with Crippen molar-refractivity contribution in [2.45, 2.75) is 38.6 Å². The van der Waals surface area contributed by atoms with Crippen molar-refractivity contribution in [3.05, 3.63) is 51.3 Å². The van der Waals surface area contributed by atoms with Gasteiger partial charge in [0.05, 0.1) is 21.8 Å². The highest BCUT2D eigenvalue weighted by molar-refractivity contribution is 5.91. The van der Waals surface area contributed by atoms with Gasteiger partial charge in [0.1, 0.15) is 0 Å². The summed E-state index contributed by atoms with van der Waals surface area (Å²) < 4.78 is 3.37. The third kappa shape index (κ3) is 2.60. The van der Waals surface area contributed by atoms with E-state index >= 15 is 0 Å². The lowest BCUT2D eigenvalue weighted by molar-refractivity contribution is 0.253. The smallest absolute Gasteiger partial charge is 0.278 e. The Kier molecular flexibility index (Phi) is 4.05. The summed E-state index contributed by atoms with van der Waals surface area (Å²) in [4.78, 5) is 30.4. The molecule has 1 aliphatic carbocycles. The Balaban J connectivity index is 1.95. The highest BCUT2D eigenvalue weighted by Crippen LogP contribution is 2.32. The molecule has 3 heterocycles. The Morgan fingerprint density at radius 2 is 1.65 bits per heavy atom. The summed E-state index contributed by atoms with van der Waals surface area (Å²) in [6, 6.07) is 5.65. The van der Waals surface area contributed by atoms with E-state index in [2.05, 4.69) is 11.9 Å². The molecule has 6 heteroatoms. The zero-order chi connectivity index (χ0) is 18.4. The van der Waals surface area contributed by atoms with Gasteiger partial charge in [-0.1, -0.05) is 19.8 Å². The molecule has 0 spiro atoms. The fraction of sp³-hybridized carbons (Fsp3) is 0.450. The number of hydrogen-bond donors (Lipinski definition) is 0. The van der Waals surface area contributed by atoms with Crippen LogP contribution in [0.5, 0.6) is 0 Å². The molecule has 26 heavy (non-hydrogen) atoms. The van der Waals surface area contributed by atoms with Crippen molar-refractivity contribution >= 4 is 21.8 Å². The lowest BCUT2D eigenvalue weighted by Crippen LogP contribution is -2.35. The van der Waals surface area contributed by atoms with Crippen molar-refractivity contribution < 1.29 is 0 Å². The fourth-order valence-corrected chi connectivity index (χ4v) is 4.12. The largest absolute Gasteiger partial charge is 0.316 e. The number of hydrogen-bond acceptors (Lipinski definition) is 4. The third-order valence-electron chi connectivity index (χ3n) is 5.61. The lowest BCUT2D eigenvalue weighted by Gasteiger charge is -2.30. The van der Waals surface area contributed by atoms with Crippen molar-refractivity contribution in [1.29, 1.82) is 0 Å². The molecule has 4 rings (SSSR count). The van der Waals surface area contributed by atoms with Crippen LogP contribution >= 0.6 is 0 Å². The monoisotopic (exact) mass is 352 g/mol. The van der Waals surface area contributed by atoms with Crippen molar-refractivity contribution in [3.8, 4) is 0 Å². The zero-order valence-corrected chi connectivity index (χ0v) is 15.5. The summed E-state index contributed by atoms with van der Waals surface area (Å²) in [5, 5.41) is 2.70. The summed E-state index contributed by atoms with van der Waals surface area (Å²) in [5.41, 5.74) is 1.05. The minimum absolute atomic E-state index is 0.0460. The van der Waals surface area contributed by atoms with E-state index in [1.807, 2.05) is 22.9 Å². The molecular formula is C20H24N4O2. The van der Waals surface area contributed by atoms with Gasteiger partial charge in [-0.2, -0.15) is 0 Å². The molecule has 2 atom stereocenters. The maximum atomic E-state index is 13.2. The van der Waals surface area contributed by atoms with Gasteiger partial charge in [-0.05, 0) is 37.0 Å². The van der Waals surface area contributed by atoms with Crippen LogP contribution in [-0.4, -0.2) is 28.3 Å². The van der Waals surface area contributed by atoms with Crippen LogP contribution in [0.4, 0.5) is 0 Å². The highest BCUT2D eigenvalue weighted by atomic mass is 16.1. The average Bonchev–Trinajstić information content (AvgIpc) is 2.62. The maximum Gasteiger partial charge on any atom is 0.278 e. The van der Waals surface area contributed by atoms with E-state index in [0.29, 0.717) is 27.7 Å². The molecule has 6 nitrogen and oxygen atoms in total. The van der Waals surface area contributed by atoms with E-state index in [4.69, 9.17) is 0 Å². The molecule has 0 radical (unpaired) electrons. The maximum absolute atomic E-state index is 13.2. The highest BCUT2D eigenvalue weighted by Gasteiger charge is 2.24. The van der Waals surface area contributed by atoms with Crippen LogP contribution in [-0.2, 0) is 0 Å². The molecular weight excluding hydrogens is 328 g/mol. The Labute approximate surface area is 151 Å². The molecule has 1 fully saturated rings. The molecule has 1 aliphatic rings. The number of rotatable bonds is 2. The first-order valence-electron chi connectivity index (χ1n) is 9.22. The van der Waals surface area contributed by atoms with E-state index in [-0.39, 0.29) is 17.2 Å². The Morgan fingerprint density at radius 1 is 1.00 bits per heavy atom. The van der Waals surface area contributed by atoms with E-state index in [1.54, 1.807) is 31.4 Å². The molecule has 0 unspecified atom stereocenters. The van der Waals surface area contributed by atoms with Crippen LogP contribution in [0.2, 0.25) is 0 Å². The predicted molar refractivity (Wildman–Crippen MR) is 105 cm³/mol. The first-order valence-corrected chi connectivity index (χ1v) is 9.22. The number of aromatic nitrogens is 3. The van der Waals surface area contributed by atoms with Gasteiger partial charge in [0.15, 0.2) is 0 Å². The number of nitrogens with zero attached hydrogens (tertiary/aromatic N) is 4. The zero-order valence-electron chi connectivity index (χ0n) is 15.5. The van der Waals surface area contributed by atoms with Crippen LogP contribution in [0.25, 0.3) is 21.8 Å². The minimum Gasteiger partial charge on any atom is -0.316 e. The molecule has 0 amide bonds. The van der Waals surface area contributed by atoms with Crippen molar-refractivity contribution in [1.82, 2.24) is 14.2 Å². The summed E-state index contributed by atoms with van der Waals surface area (Å²) in [6.45, 7) is 2.22. The average molecular weight is 352 g/mol.